The smallest absolute Gasteiger partial charge is 0.338 e. The molecule has 9 heteroatoms. The molecule has 1 heterocycles. The number of aromatic carboxylic acids is 2. The molecular formula is C18H12N2O7. The van der Waals surface area contributed by atoms with E-state index in [4.69, 9.17) is 0 Å². The van der Waals surface area contributed by atoms with Crippen molar-refractivity contribution in [3.63, 3.8) is 0 Å². The molecule has 0 saturated carbocycles. The predicted molar refractivity (Wildman–Crippen MR) is 92.2 cm³/mol. The first-order valence-electron chi connectivity index (χ1n) is 7.63. The highest BCUT2D eigenvalue weighted by atomic mass is 16.4. The molecule has 0 radical (unpaired) electrons. The summed E-state index contributed by atoms with van der Waals surface area (Å²) in [6.45, 7) is 1.23. The molecule has 27 heavy (non-hydrogen) atoms. The van der Waals surface area contributed by atoms with Crippen LogP contribution in [0, 0.1) is 0 Å². The largest absolute Gasteiger partial charge is 0.478 e. The van der Waals surface area contributed by atoms with Crippen molar-refractivity contribution >= 4 is 41.0 Å². The van der Waals surface area contributed by atoms with Crippen LogP contribution in [-0.4, -0.2) is 39.9 Å². The average Bonchev–Trinajstić information content (AvgIpc) is 2.85. The highest BCUT2D eigenvalue weighted by molar-refractivity contribution is 6.37. The summed E-state index contributed by atoms with van der Waals surface area (Å²) in [7, 11) is 0. The molecule has 9 nitrogen and oxygen atoms in total. The number of amides is 3. The zero-order valence-electron chi connectivity index (χ0n) is 13.8. The molecule has 0 atom stereocenters. The SMILES string of the molecule is CC(=O)Nc1cccc2c1C(=O)N(c1cccc(C(=O)O)c1C(=O)O)C2=O. The van der Waals surface area contributed by atoms with E-state index in [9.17, 15) is 34.2 Å². The van der Waals surface area contributed by atoms with Gasteiger partial charge in [-0.15, -0.1) is 0 Å². The molecule has 2 aromatic carbocycles. The summed E-state index contributed by atoms with van der Waals surface area (Å²) >= 11 is 0. The van der Waals surface area contributed by atoms with E-state index in [0.29, 0.717) is 4.90 Å². The van der Waals surface area contributed by atoms with Gasteiger partial charge >= 0.3 is 11.9 Å². The number of nitrogens with zero attached hydrogens (tertiary/aromatic N) is 1. The first kappa shape index (κ1) is 17.8. The molecule has 0 bridgehead atoms. The van der Waals surface area contributed by atoms with Crippen molar-refractivity contribution in [2.75, 3.05) is 10.2 Å². The second-order valence-electron chi connectivity index (χ2n) is 5.67. The second kappa shape index (κ2) is 6.37. The van der Waals surface area contributed by atoms with Gasteiger partial charge < -0.3 is 15.5 Å². The number of rotatable bonds is 4. The van der Waals surface area contributed by atoms with Crippen molar-refractivity contribution in [3.05, 3.63) is 58.7 Å². The fourth-order valence-electron chi connectivity index (χ4n) is 2.93. The van der Waals surface area contributed by atoms with E-state index in [2.05, 4.69) is 5.32 Å². The summed E-state index contributed by atoms with van der Waals surface area (Å²) in [5.41, 5.74) is -1.60. The third kappa shape index (κ3) is 2.80. The van der Waals surface area contributed by atoms with Crippen molar-refractivity contribution in [3.8, 4) is 0 Å². The monoisotopic (exact) mass is 368 g/mol. The molecule has 0 spiro atoms. The lowest BCUT2D eigenvalue weighted by Gasteiger charge is -2.17. The molecule has 0 fully saturated rings. The Kier molecular flexibility index (Phi) is 4.20. The van der Waals surface area contributed by atoms with Crippen LogP contribution in [0.25, 0.3) is 0 Å². The molecule has 0 aliphatic carbocycles. The van der Waals surface area contributed by atoms with Gasteiger partial charge in [0, 0.05) is 6.92 Å². The van der Waals surface area contributed by atoms with Crippen molar-refractivity contribution in [2.45, 2.75) is 6.92 Å². The number of hydrogen-bond donors (Lipinski definition) is 3. The number of imide groups is 1. The summed E-state index contributed by atoms with van der Waals surface area (Å²) in [6, 6.07) is 7.74. The maximum Gasteiger partial charge on any atom is 0.338 e. The normalized spacial score (nSPS) is 12.7. The van der Waals surface area contributed by atoms with Crippen LogP contribution in [0.5, 0.6) is 0 Å². The molecule has 2 aromatic rings. The standard InChI is InChI=1S/C18H12N2O7/c1-8(21)19-11-6-2-4-9-13(11)16(23)20(15(9)22)12-7-3-5-10(17(24)25)14(12)18(26)27/h2-7H,1H3,(H,19,21)(H,24,25)(H,26,27). The predicted octanol–water partition coefficient (Wildman–Crippen LogP) is 1.84. The van der Waals surface area contributed by atoms with Gasteiger partial charge in [0.25, 0.3) is 11.8 Å². The van der Waals surface area contributed by atoms with E-state index in [0.717, 1.165) is 6.07 Å². The lowest BCUT2D eigenvalue weighted by atomic mass is 10.0. The Morgan fingerprint density at radius 1 is 0.926 bits per heavy atom. The number of fused-ring (bicyclic) bond motifs is 1. The zero-order chi connectivity index (χ0) is 19.9. The fourth-order valence-corrected chi connectivity index (χ4v) is 2.93. The van der Waals surface area contributed by atoms with Crippen molar-refractivity contribution < 1.29 is 34.2 Å². The maximum absolute atomic E-state index is 12.9. The molecule has 3 N–H and O–H groups in total. The summed E-state index contributed by atoms with van der Waals surface area (Å²) in [6.07, 6.45) is 0. The van der Waals surface area contributed by atoms with Crippen LogP contribution in [-0.2, 0) is 4.79 Å². The van der Waals surface area contributed by atoms with Crippen LogP contribution < -0.4 is 10.2 Å². The number of anilines is 2. The summed E-state index contributed by atoms with van der Waals surface area (Å²) in [5.74, 6) is -5.23. The first-order chi connectivity index (χ1) is 12.7. The fraction of sp³-hybridized carbons (Fsp3) is 0.0556. The van der Waals surface area contributed by atoms with Crippen LogP contribution in [0.1, 0.15) is 48.4 Å². The topological polar surface area (TPSA) is 141 Å². The molecule has 3 rings (SSSR count). The van der Waals surface area contributed by atoms with Gasteiger partial charge in [-0.1, -0.05) is 12.1 Å². The number of nitrogens with one attached hydrogen (secondary N) is 1. The molecule has 136 valence electrons. The Morgan fingerprint density at radius 2 is 1.59 bits per heavy atom. The minimum atomic E-state index is -1.60. The second-order valence-corrected chi connectivity index (χ2v) is 5.67. The van der Waals surface area contributed by atoms with Gasteiger partial charge in [-0.3, -0.25) is 14.4 Å². The molecule has 1 aliphatic rings. The van der Waals surface area contributed by atoms with Gasteiger partial charge in [0.15, 0.2) is 0 Å². The minimum Gasteiger partial charge on any atom is -0.478 e. The lowest BCUT2D eigenvalue weighted by Crippen LogP contribution is -2.31. The van der Waals surface area contributed by atoms with E-state index in [1.54, 1.807) is 0 Å². The van der Waals surface area contributed by atoms with E-state index >= 15 is 0 Å². The van der Waals surface area contributed by atoms with Crippen LogP contribution in [0.15, 0.2) is 36.4 Å². The molecule has 1 aliphatic heterocycles. The summed E-state index contributed by atoms with van der Waals surface area (Å²) < 4.78 is 0. The Hall–Kier alpha value is -4.01. The molecule has 3 amide bonds. The molecular weight excluding hydrogens is 356 g/mol. The highest BCUT2D eigenvalue weighted by Gasteiger charge is 2.41. The first-order valence-corrected chi connectivity index (χ1v) is 7.63. The van der Waals surface area contributed by atoms with Crippen LogP contribution in [0.2, 0.25) is 0 Å². The number of carbonyl (C=O) groups excluding carboxylic acids is 3. The van der Waals surface area contributed by atoms with Crippen LogP contribution >= 0.6 is 0 Å². The van der Waals surface area contributed by atoms with E-state index in [1.807, 2.05) is 0 Å². The Balaban J connectivity index is 2.21. The van der Waals surface area contributed by atoms with Gasteiger partial charge in [-0.2, -0.15) is 0 Å². The van der Waals surface area contributed by atoms with E-state index < -0.39 is 40.8 Å². The van der Waals surface area contributed by atoms with Crippen molar-refractivity contribution in [2.24, 2.45) is 0 Å². The Labute approximate surface area is 151 Å². The molecule has 0 aromatic heterocycles. The molecule has 0 unspecified atom stereocenters. The third-order valence-electron chi connectivity index (χ3n) is 3.95. The number of carboxylic acids is 2. The van der Waals surface area contributed by atoms with Gasteiger partial charge in [0.2, 0.25) is 5.91 Å². The van der Waals surface area contributed by atoms with Gasteiger partial charge in [-0.05, 0) is 24.3 Å². The van der Waals surface area contributed by atoms with Gasteiger partial charge in [-0.25, -0.2) is 14.5 Å². The third-order valence-corrected chi connectivity index (χ3v) is 3.95. The quantitative estimate of drug-likeness (QED) is 0.699. The Bertz CT molecular complexity index is 1040. The van der Waals surface area contributed by atoms with Gasteiger partial charge in [0.05, 0.1) is 33.6 Å². The number of hydrogen-bond acceptors (Lipinski definition) is 5. The number of carboxylic acid groups (broad SMARTS) is 2. The lowest BCUT2D eigenvalue weighted by molar-refractivity contribution is -0.114. The number of carbonyl (C=O) groups is 5. The maximum atomic E-state index is 12.9. The van der Waals surface area contributed by atoms with E-state index in [1.165, 1.54) is 37.3 Å². The molecule has 0 saturated heterocycles. The highest BCUT2D eigenvalue weighted by Crippen LogP contribution is 2.35. The number of benzene rings is 2. The summed E-state index contributed by atoms with van der Waals surface area (Å²) in [5, 5.41) is 21.1. The average molecular weight is 368 g/mol. The van der Waals surface area contributed by atoms with Crippen LogP contribution in [0.4, 0.5) is 11.4 Å². The Morgan fingerprint density at radius 3 is 2.19 bits per heavy atom. The summed E-state index contributed by atoms with van der Waals surface area (Å²) in [4.78, 5) is 60.6. The van der Waals surface area contributed by atoms with Crippen molar-refractivity contribution in [1.82, 2.24) is 0 Å². The minimum absolute atomic E-state index is 0.0247. The van der Waals surface area contributed by atoms with E-state index in [-0.39, 0.29) is 22.5 Å². The van der Waals surface area contributed by atoms with Crippen LogP contribution in [0.3, 0.4) is 0 Å². The zero-order valence-corrected chi connectivity index (χ0v) is 13.8. The van der Waals surface area contributed by atoms with Crippen molar-refractivity contribution in [1.29, 1.82) is 0 Å². The van der Waals surface area contributed by atoms with Gasteiger partial charge in [0.1, 0.15) is 0 Å².